The molecule has 1 aliphatic carbocycles. The van der Waals surface area contributed by atoms with Gasteiger partial charge in [-0.25, -0.2) is 0 Å². The first-order chi connectivity index (χ1) is 8.48. The topological polar surface area (TPSA) is 24.5 Å². The summed E-state index contributed by atoms with van der Waals surface area (Å²) in [4.78, 5) is 2.53. The first-order valence-electron chi connectivity index (χ1n) is 7.47. The Kier molecular flexibility index (Phi) is 6.61. The lowest BCUT2D eigenvalue weighted by molar-refractivity contribution is 0.00473. The molecule has 0 aromatic rings. The summed E-state index contributed by atoms with van der Waals surface area (Å²) in [7, 11) is 4.08. The van der Waals surface area contributed by atoms with Crippen LogP contribution in [-0.2, 0) is 4.74 Å². The highest BCUT2D eigenvalue weighted by Crippen LogP contribution is 2.23. The van der Waals surface area contributed by atoms with E-state index < -0.39 is 0 Å². The maximum atomic E-state index is 5.49. The van der Waals surface area contributed by atoms with Crippen molar-refractivity contribution in [2.45, 2.75) is 70.6 Å². The van der Waals surface area contributed by atoms with Crippen LogP contribution in [-0.4, -0.2) is 49.8 Å². The van der Waals surface area contributed by atoms with Gasteiger partial charge >= 0.3 is 0 Å². The molecule has 0 aromatic carbocycles. The van der Waals surface area contributed by atoms with Crippen molar-refractivity contribution >= 4 is 0 Å². The molecule has 0 spiro atoms. The van der Waals surface area contributed by atoms with E-state index in [0.717, 1.165) is 31.6 Å². The zero-order chi connectivity index (χ0) is 13.6. The summed E-state index contributed by atoms with van der Waals surface area (Å²) < 4.78 is 5.49. The SMILES string of the molecule is CCNC1CCC(N(C)CCC(C)(C)OC)CC1. The predicted octanol–water partition coefficient (Wildman–Crippen LogP) is 2.65. The molecule has 1 rings (SSSR count). The first-order valence-corrected chi connectivity index (χ1v) is 7.47. The fourth-order valence-electron chi connectivity index (χ4n) is 2.74. The van der Waals surface area contributed by atoms with Crippen molar-refractivity contribution in [3.63, 3.8) is 0 Å². The highest BCUT2D eigenvalue weighted by Gasteiger charge is 2.25. The van der Waals surface area contributed by atoms with Crippen molar-refractivity contribution in [2.24, 2.45) is 0 Å². The van der Waals surface area contributed by atoms with E-state index >= 15 is 0 Å². The molecule has 0 aromatic heterocycles. The van der Waals surface area contributed by atoms with E-state index in [1.165, 1.54) is 25.7 Å². The van der Waals surface area contributed by atoms with E-state index in [-0.39, 0.29) is 5.60 Å². The molecule has 18 heavy (non-hydrogen) atoms. The summed E-state index contributed by atoms with van der Waals surface area (Å²) in [5, 5.41) is 3.57. The van der Waals surface area contributed by atoms with Crippen LogP contribution in [0.1, 0.15) is 52.9 Å². The molecule has 0 saturated heterocycles. The van der Waals surface area contributed by atoms with Crippen molar-refractivity contribution in [1.29, 1.82) is 0 Å². The maximum absolute atomic E-state index is 5.49. The monoisotopic (exact) mass is 256 g/mol. The van der Waals surface area contributed by atoms with Crippen LogP contribution in [0.3, 0.4) is 0 Å². The van der Waals surface area contributed by atoms with Crippen LogP contribution in [0.4, 0.5) is 0 Å². The lowest BCUT2D eigenvalue weighted by atomic mass is 9.90. The molecular formula is C15H32N2O. The van der Waals surface area contributed by atoms with Crippen LogP contribution in [0.25, 0.3) is 0 Å². The smallest absolute Gasteiger partial charge is 0.0634 e. The lowest BCUT2D eigenvalue weighted by Gasteiger charge is -2.36. The number of hydrogen-bond donors (Lipinski definition) is 1. The van der Waals surface area contributed by atoms with E-state index in [4.69, 9.17) is 4.74 Å². The number of ether oxygens (including phenoxy) is 1. The molecule has 1 N–H and O–H groups in total. The minimum atomic E-state index is 0.00916. The molecule has 0 aliphatic heterocycles. The van der Waals surface area contributed by atoms with Gasteiger partial charge in [0.15, 0.2) is 0 Å². The molecule has 0 atom stereocenters. The normalized spacial score (nSPS) is 25.7. The van der Waals surface area contributed by atoms with Gasteiger partial charge in [0.25, 0.3) is 0 Å². The van der Waals surface area contributed by atoms with Gasteiger partial charge in [0, 0.05) is 25.7 Å². The minimum absolute atomic E-state index is 0.00916. The number of nitrogens with one attached hydrogen (secondary N) is 1. The lowest BCUT2D eigenvalue weighted by Crippen LogP contribution is -2.42. The van der Waals surface area contributed by atoms with Gasteiger partial charge in [-0.15, -0.1) is 0 Å². The highest BCUT2D eigenvalue weighted by atomic mass is 16.5. The van der Waals surface area contributed by atoms with Crippen LogP contribution in [0.15, 0.2) is 0 Å². The Morgan fingerprint density at radius 1 is 1.22 bits per heavy atom. The molecule has 1 fully saturated rings. The van der Waals surface area contributed by atoms with Gasteiger partial charge in [-0.3, -0.25) is 0 Å². The second-order valence-corrected chi connectivity index (χ2v) is 6.26. The van der Waals surface area contributed by atoms with Gasteiger partial charge in [0.05, 0.1) is 5.60 Å². The van der Waals surface area contributed by atoms with E-state index in [9.17, 15) is 0 Å². The number of methoxy groups -OCH3 is 1. The quantitative estimate of drug-likeness (QED) is 0.758. The Labute approximate surface area is 113 Å². The summed E-state index contributed by atoms with van der Waals surface area (Å²) in [6.07, 6.45) is 6.43. The van der Waals surface area contributed by atoms with Crippen LogP contribution in [0.2, 0.25) is 0 Å². The van der Waals surface area contributed by atoms with Crippen LogP contribution >= 0.6 is 0 Å². The molecule has 1 aliphatic rings. The van der Waals surface area contributed by atoms with Crippen molar-refractivity contribution in [3.8, 4) is 0 Å². The molecule has 0 heterocycles. The number of nitrogens with zero attached hydrogens (tertiary/aromatic N) is 1. The molecule has 108 valence electrons. The number of hydrogen-bond acceptors (Lipinski definition) is 3. The molecule has 3 nitrogen and oxygen atoms in total. The predicted molar refractivity (Wildman–Crippen MR) is 78.1 cm³/mol. The van der Waals surface area contributed by atoms with Gasteiger partial charge in [-0.1, -0.05) is 6.92 Å². The van der Waals surface area contributed by atoms with Crippen LogP contribution in [0, 0.1) is 0 Å². The third-order valence-electron chi connectivity index (χ3n) is 4.43. The Morgan fingerprint density at radius 2 is 1.83 bits per heavy atom. The van der Waals surface area contributed by atoms with E-state index in [2.05, 4.69) is 38.0 Å². The van der Waals surface area contributed by atoms with Crippen molar-refractivity contribution in [3.05, 3.63) is 0 Å². The van der Waals surface area contributed by atoms with Crippen molar-refractivity contribution < 1.29 is 4.74 Å². The van der Waals surface area contributed by atoms with E-state index in [0.29, 0.717) is 0 Å². The summed E-state index contributed by atoms with van der Waals surface area (Å²) in [5.41, 5.74) is 0.00916. The molecule has 1 saturated carbocycles. The average Bonchev–Trinajstić information content (AvgIpc) is 2.37. The van der Waals surface area contributed by atoms with E-state index in [1.807, 2.05) is 7.11 Å². The summed E-state index contributed by atoms with van der Waals surface area (Å²) in [6.45, 7) is 8.78. The minimum Gasteiger partial charge on any atom is -0.379 e. The molecule has 0 amide bonds. The highest BCUT2D eigenvalue weighted by molar-refractivity contribution is 4.82. The Morgan fingerprint density at radius 3 is 2.33 bits per heavy atom. The second-order valence-electron chi connectivity index (χ2n) is 6.26. The largest absolute Gasteiger partial charge is 0.379 e. The first kappa shape index (κ1) is 15.9. The van der Waals surface area contributed by atoms with Crippen LogP contribution in [0.5, 0.6) is 0 Å². The second kappa shape index (κ2) is 7.46. The van der Waals surface area contributed by atoms with Crippen LogP contribution < -0.4 is 5.32 Å². The number of rotatable bonds is 7. The van der Waals surface area contributed by atoms with Gasteiger partial charge in [-0.2, -0.15) is 0 Å². The molecular weight excluding hydrogens is 224 g/mol. The Hall–Kier alpha value is -0.120. The molecule has 0 bridgehead atoms. The fourth-order valence-corrected chi connectivity index (χ4v) is 2.74. The zero-order valence-corrected chi connectivity index (χ0v) is 13.0. The van der Waals surface area contributed by atoms with Gasteiger partial charge < -0.3 is 15.0 Å². The molecule has 3 heteroatoms. The van der Waals surface area contributed by atoms with E-state index in [1.54, 1.807) is 0 Å². The molecule has 0 unspecified atom stereocenters. The molecule has 0 radical (unpaired) electrons. The standard InChI is InChI=1S/C15H32N2O/c1-6-16-13-7-9-14(10-8-13)17(4)12-11-15(2,3)18-5/h13-14,16H,6-12H2,1-5H3. The zero-order valence-electron chi connectivity index (χ0n) is 13.0. The third kappa shape index (κ3) is 5.25. The van der Waals surface area contributed by atoms with Crippen molar-refractivity contribution in [1.82, 2.24) is 10.2 Å². The van der Waals surface area contributed by atoms with Gasteiger partial charge in [0.2, 0.25) is 0 Å². The summed E-state index contributed by atoms with van der Waals surface area (Å²) >= 11 is 0. The third-order valence-corrected chi connectivity index (χ3v) is 4.43. The fraction of sp³-hybridized carbons (Fsp3) is 1.00. The summed E-state index contributed by atoms with van der Waals surface area (Å²) in [6, 6.07) is 1.53. The van der Waals surface area contributed by atoms with Gasteiger partial charge in [0.1, 0.15) is 0 Å². The Bertz CT molecular complexity index is 223. The Balaban J connectivity index is 2.25. The maximum Gasteiger partial charge on any atom is 0.0634 e. The van der Waals surface area contributed by atoms with Gasteiger partial charge in [-0.05, 0) is 59.5 Å². The van der Waals surface area contributed by atoms with Crippen molar-refractivity contribution in [2.75, 3.05) is 27.2 Å². The summed E-state index contributed by atoms with van der Waals surface area (Å²) in [5.74, 6) is 0. The average molecular weight is 256 g/mol.